The second-order valence-electron chi connectivity index (χ2n) is 6.33. The summed E-state index contributed by atoms with van der Waals surface area (Å²) in [5.74, 6) is -0.380. The van der Waals surface area contributed by atoms with E-state index in [1.54, 1.807) is 6.07 Å². The van der Waals surface area contributed by atoms with E-state index in [2.05, 4.69) is 15.0 Å². The summed E-state index contributed by atoms with van der Waals surface area (Å²) in [4.78, 5) is 28.0. The summed E-state index contributed by atoms with van der Waals surface area (Å²) in [5.41, 5.74) is 2.00. The molecule has 0 aliphatic carbocycles. The molecule has 0 atom stereocenters. The van der Waals surface area contributed by atoms with Crippen molar-refractivity contribution in [1.82, 2.24) is 10.3 Å². The molecule has 0 radical (unpaired) electrons. The van der Waals surface area contributed by atoms with Crippen LogP contribution in [0.15, 0.2) is 72.9 Å². The van der Waals surface area contributed by atoms with Crippen LogP contribution in [-0.2, 0) is 22.7 Å². The fraction of sp³-hybridized carbons (Fsp3) is 0.174. The molecule has 0 saturated heterocycles. The minimum atomic E-state index is -0.557. The summed E-state index contributed by atoms with van der Waals surface area (Å²) >= 11 is 0. The molecular formula is C23H22N2O5. The summed E-state index contributed by atoms with van der Waals surface area (Å²) in [7, 11) is 1.25. The molecular weight excluding hydrogens is 384 g/mol. The quantitative estimate of drug-likeness (QED) is 0.550. The molecule has 3 rings (SSSR count). The number of pyridine rings is 1. The number of nitrogens with zero attached hydrogens (tertiary/aromatic N) is 1. The molecule has 7 nitrogen and oxygen atoms in total. The van der Waals surface area contributed by atoms with Crippen molar-refractivity contribution in [3.05, 3.63) is 89.7 Å². The first kappa shape index (κ1) is 20.9. The van der Waals surface area contributed by atoms with E-state index in [0.717, 1.165) is 11.1 Å². The molecule has 1 N–H and O–H groups in total. The highest BCUT2D eigenvalue weighted by Crippen LogP contribution is 2.24. The van der Waals surface area contributed by atoms with Crippen molar-refractivity contribution in [2.75, 3.05) is 13.7 Å². The Morgan fingerprint density at radius 3 is 2.10 bits per heavy atom. The largest absolute Gasteiger partial charge is 0.487 e. The van der Waals surface area contributed by atoms with E-state index in [9.17, 15) is 9.59 Å². The molecule has 0 unspecified atom stereocenters. The van der Waals surface area contributed by atoms with Gasteiger partial charge >= 0.3 is 5.97 Å². The van der Waals surface area contributed by atoms with Gasteiger partial charge in [-0.3, -0.25) is 9.59 Å². The highest BCUT2D eigenvalue weighted by Gasteiger charge is 2.17. The van der Waals surface area contributed by atoms with Crippen molar-refractivity contribution in [2.45, 2.75) is 13.2 Å². The Hall–Kier alpha value is -3.87. The van der Waals surface area contributed by atoms with Crippen LogP contribution in [0.5, 0.6) is 11.5 Å². The van der Waals surface area contributed by atoms with Crippen LogP contribution < -0.4 is 14.8 Å². The van der Waals surface area contributed by atoms with E-state index in [4.69, 9.17) is 9.47 Å². The van der Waals surface area contributed by atoms with Gasteiger partial charge < -0.3 is 19.5 Å². The topological polar surface area (TPSA) is 86.8 Å². The maximum atomic E-state index is 12.5. The normalized spacial score (nSPS) is 10.2. The molecule has 1 aromatic heterocycles. The van der Waals surface area contributed by atoms with Gasteiger partial charge in [-0.1, -0.05) is 60.7 Å². The van der Waals surface area contributed by atoms with Gasteiger partial charge in [0.2, 0.25) is 0 Å². The molecule has 3 aromatic rings. The van der Waals surface area contributed by atoms with E-state index >= 15 is 0 Å². The number of amides is 1. The maximum Gasteiger partial charge on any atom is 0.325 e. The Bertz CT molecular complexity index is 977. The van der Waals surface area contributed by atoms with E-state index in [-0.39, 0.29) is 24.6 Å². The molecule has 0 fully saturated rings. The van der Waals surface area contributed by atoms with E-state index in [0.29, 0.717) is 12.4 Å². The van der Waals surface area contributed by atoms with Crippen molar-refractivity contribution in [2.24, 2.45) is 0 Å². The standard InChI is InChI=1S/C23H22N2O5/c1-28-21(26)14-25-23(27)22-20(30-16-18-10-6-3-7-11-18)12-19(13-24-22)29-15-17-8-4-2-5-9-17/h2-13H,14-16H2,1H3,(H,25,27). The lowest BCUT2D eigenvalue weighted by Gasteiger charge is -2.13. The Balaban J connectivity index is 1.75. The van der Waals surface area contributed by atoms with Crippen molar-refractivity contribution >= 4 is 11.9 Å². The fourth-order valence-corrected chi connectivity index (χ4v) is 2.57. The predicted octanol–water partition coefficient (Wildman–Crippen LogP) is 3.14. The van der Waals surface area contributed by atoms with Crippen LogP contribution in [-0.4, -0.2) is 30.5 Å². The number of aromatic nitrogens is 1. The second kappa shape index (κ2) is 10.6. The van der Waals surface area contributed by atoms with Crippen LogP contribution in [0.2, 0.25) is 0 Å². The summed E-state index contributed by atoms with van der Waals surface area (Å²) in [5, 5.41) is 2.47. The Morgan fingerprint density at radius 2 is 1.50 bits per heavy atom. The van der Waals surface area contributed by atoms with Crippen LogP contribution >= 0.6 is 0 Å². The average molecular weight is 406 g/mol. The number of rotatable bonds is 9. The number of carbonyl (C=O) groups is 2. The molecule has 0 bridgehead atoms. The van der Waals surface area contributed by atoms with Crippen LogP contribution in [0.4, 0.5) is 0 Å². The summed E-state index contributed by atoms with van der Waals surface area (Å²) < 4.78 is 16.2. The van der Waals surface area contributed by atoms with Gasteiger partial charge in [-0.2, -0.15) is 0 Å². The van der Waals surface area contributed by atoms with Gasteiger partial charge in [0.25, 0.3) is 5.91 Å². The van der Waals surface area contributed by atoms with Crippen molar-refractivity contribution in [3.8, 4) is 11.5 Å². The maximum absolute atomic E-state index is 12.5. The minimum Gasteiger partial charge on any atom is -0.487 e. The number of nitrogens with one attached hydrogen (secondary N) is 1. The summed E-state index contributed by atoms with van der Waals surface area (Å²) in [6, 6.07) is 20.9. The van der Waals surface area contributed by atoms with Gasteiger partial charge in [-0.05, 0) is 11.1 Å². The lowest BCUT2D eigenvalue weighted by Crippen LogP contribution is -2.31. The predicted molar refractivity (Wildman–Crippen MR) is 110 cm³/mol. The van der Waals surface area contributed by atoms with Gasteiger partial charge in [-0.25, -0.2) is 4.98 Å². The third-order valence-electron chi connectivity index (χ3n) is 4.15. The number of hydrogen-bond donors (Lipinski definition) is 1. The molecule has 0 aliphatic rings. The lowest BCUT2D eigenvalue weighted by atomic mass is 10.2. The number of methoxy groups -OCH3 is 1. The first-order chi connectivity index (χ1) is 14.7. The van der Waals surface area contributed by atoms with Crippen molar-refractivity contribution < 1.29 is 23.8 Å². The number of esters is 1. The zero-order valence-electron chi connectivity index (χ0n) is 16.5. The first-order valence-corrected chi connectivity index (χ1v) is 9.34. The van der Waals surface area contributed by atoms with E-state index < -0.39 is 11.9 Å². The zero-order valence-corrected chi connectivity index (χ0v) is 16.5. The van der Waals surface area contributed by atoms with Gasteiger partial charge in [0, 0.05) is 6.07 Å². The number of benzene rings is 2. The van der Waals surface area contributed by atoms with Crippen molar-refractivity contribution in [3.63, 3.8) is 0 Å². The van der Waals surface area contributed by atoms with Crippen molar-refractivity contribution in [1.29, 1.82) is 0 Å². The summed E-state index contributed by atoms with van der Waals surface area (Å²) in [6.45, 7) is 0.345. The first-order valence-electron chi connectivity index (χ1n) is 9.34. The van der Waals surface area contributed by atoms with Gasteiger partial charge in [-0.15, -0.1) is 0 Å². The molecule has 0 spiro atoms. The van der Waals surface area contributed by atoms with Crippen LogP contribution in [0.3, 0.4) is 0 Å². The lowest BCUT2D eigenvalue weighted by molar-refractivity contribution is -0.139. The Kier molecular flexibility index (Phi) is 7.38. The number of hydrogen-bond acceptors (Lipinski definition) is 6. The Labute approximate surface area is 174 Å². The summed E-state index contributed by atoms with van der Waals surface area (Å²) in [6.07, 6.45) is 1.45. The molecule has 7 heteroatoms. The number of carbonyl (C=O) groups excluding carboxylic acids is 2. The molecule has 0 saturated carbocycles. The molecule has 30 heavy (non-hydrogen) atoms. The third-order valence-corrected chi connectivity index (χ3v) is 4.15. The molecule has 0 aliphatic heterocycles. The zero-order chi connectivity index (χ0) is 21.2. The van der Waals surface area contributed by atoms with Gasteiger partial charge in [0.05, 0.1) is 13.3 Å². The highest BCUT2D eigenvalue weighted by atomic mass is 16.5. The van der Waals surface area contributed by atoms with E-state index in [1.165, 1.54) is 13.3 Å². The smallest absolute Gasteiger partial charge is 0.325 e. The molecule has 2 aromatic carbocycles. The average Bonchev–Trinajstić information content (AvgIpc) is 2.81. The fourth-order valence-electron chi connectivity index (χ4n) is 2.57. The van der Waals surface area contributed by atoms with Gasteiger partial charge in [0.15, 0.2) is 11.4 Å². The Morgan fingerprint density at radius 1 is 0.900 bits per heavy atom. The van der Waals surface area contributed by atoms with Crippen LogP contribution in [0.25, 0.3) is 0 Å². The van der Waals surface area contributed by atoms with Crippen LogP contribution in [0, 0.1) is 0 Å². The minimum absolute atomic E-state index is 0.0573. The molecule has 154 valence electrons. The monoisotopic (exact) mass is 406 g/mol. The highest BCUT2D eigenvalue weighted by molar-refractivity contribution is 5.96. The van der Waals surface area contributed by atoms with Crippen LogP contribution in [0.1, 0.15) is 21.6 Å². The SMILES string of the molecule is COC(=O)CNC(=O)c1ncc(OCc2ccccc2)cc1OCc1ccccc1. The van der Waals surface area contributed by atoms with Gasteiger partial charge in [0.1, 0.15) is 25.5 Å². The molecule has 1 heterocycles. The molecule has 1 amide bonds. The van der Waals surface area contributed by atoms with E-state index in [1.807, 2.05) is 60.7 Å². The number of ether oxygens (including phenoxy) is 3. The second-order valence-corrected chi connectivity index (χ2v) is 6.33. The third kappa shape index (κ3) is 6.07.